The van der Waals surface area contributed by atoms with Gasteiger partial charge in [0.1, 0.15) is 0 Å². The van der Waals surface area contributed by atoms with Gasteiger partial charge in [0.05, 0.1) is 0 Å². The lowest BCUT2D eigenvalue weighted by Crippen LogP contribution is -1.57. The maximum absolute atomic E-state index is 3.68. The molecule has 6 heavy (non-hydrogen) atoms. The van der Waals surface area contributed by atoms with Gasteiger partial charge in [-0.2, -0.15) is 4.94 Å². The summed E-state index contributed by atoms with van der Waals surface area (Å²) in [7, 11) is 0. The Bertz CT molecular complexity index is 72.0. The van der Waals surface area contributed by atoms with Crippen molar-refractivity contribution in [2.75, 3.05) is 0 Å². The van der Waals surface area contributed by atoms with Gasteiger partial charge in [0.2, 0.25) is 16.3 Å². The molecule has 0 nitrogen and oxygen atoms in total. The van der Waals surface area contributed by atoms with E-state index in [1.165, 1.54) is 0 Å². The van der Waals surface area contributed by atoms with E-state index >= 15 is 0 Å². The van der Waals surface area contributed by atoms with E-state index in [0.29, 0.717) is 0 Å². The number of allylic oxidation sites excluding steroid dienone is 2. The van der Waals surface area contributed by atoms with E-state index in [1.807, 2.05) is 13.0 Å². The van der Waals surface area contributed by atoms with Gasteiger partial charge in [-0.1, -0.05) is 18.2 Å². The van der Waals surface area contributed by atoms with Gasteiger partial charge in [0.25, 0.3) is 0 Å². The van der Waals surface area contributed by atoms with Crippen molar-refractivity contribution < 1.29 is 0 Å². The van der Waals surface area contributed by atoms with E-state index in [-0.39, 0.29) is 0 Å². The van der Waals surface area contributed by atoms with Gasteiger partial charge in [-0.3, -0.25) is 0 Å². The van der Waals surface area contributed by atoms with Gasteiger partial charge in [-0.05, 0) is 6.92 Å². The summed E-state index contributed by atoms with van der Waals surface area (Å²) in [5.41, 5.74) is 1.14. The van der Waals surface area contributed by atoms with Crippen LogP contribution in [0.25, 0.3) is 0 Å². The summed E-state index contributed by atoms with van der Waals surface area (Å²) in [4.78, 5) is 2.11. The topological polar surface area (TPSA) is 0 Å². The summed E-state index contributed by atoms with van der Waals surface area (Å²) in [6, 6.07) is 0. The second-order valence-electron chi connectivity index (χ2n) is 1.35. The minimum absolute atomic E-state index is 1.14. The van der Waals surface area contributed by atoms with Crippen LogP contribution in [0.1, 0.15) is 6.92 Å². The van der Waals surface area contributed by atoms with Gasteiger partial charge >= 0.3 is 0 Å². The van der Waals surface area contributed by atoms with Crippen molar-refractivity contribution in [3.8, 4) is 0 Å². The number of hydrogen-bond donors (Lipinski definition) is 0. The van der Waals surface area contributed by atoms with Crippen molar-refractivity contribution in [2.45, 2.75) is 6.92 Å². The second-order valence-corrected chi connectivity index (χ2v) is 2.01. The molecule has 0 bridgehead atoms. The molecule has 0 aromatic heterocycles. The maximum atomic E-state index is 3.68. The molecule has 1 heteroatoms. The lowest BCUT2D eigenvalue weighted by Gasteiger charge is -1.76. The van der Waals surface area contributed by atoms with Crippen molar-refractivity contribution in [3.63, 3.8) is 0 Å². The molecule has 0 radical (unpaired) electrons. The van der Waals surface area contributed by atoms with Crippen molar-refractivity contribution in [1.29, 1.82) is 0 Å². The first-order chi connectivity index (χ1) is 2.77. The van der Waals surface area contributed by atoms with Gasteiger partial charge in [0, 0.05) is 0 Å². The van der Waals surface area contributed by atoms with E-state index in [2.05, 4.69) is 11.5 Å². The molecule has 0 rings (SSSR count). The predicted octanol–water partition coefficient (Wildman–Crippen LogP) is 0.709. The van der Waals surface area contributed by atoms with Crippen LogP contribution >= 0.6 is 0 Å². The molecule has 32 valence electrons. The molecular formula is C5H9Al. The fraction of sp³-hybridized carbons (Fsp3) is 0.200. The summed E-state index contributed by atoms with van der Waals surface area (Å²) < 4.78 is 0. The minimum atomic E-state index is 1.14. The standard InChI is InChI=1S/C5H7.Al.2H/c1-4-5(2)3;;;/h1,4H,2H2,3H3;;;. The predicted molar refractivity (Wildman–Crippen MR) is 32.5 cm³/mol. The third-order valence-corrected chi connectivity index (χ3v) is 0.785. The molecular weight excluding hydrogens is 87.0 g/mol. The highest BCUT2D eigenvalue weighted by Crippen LogP contribution is 1.83. The lowest BCUT2D eigenvalue weighted by atomic mass is 10.4. The monoisotopic (exact) mass is 96.1 g/mol. The second kappa shape index (κ2) is 3.21. The zero-order valence-electron chi connectivity index (χ0n) is 4.36. The third-order valence-electron chi connectivity index (χ3n) is 0.451. The zero-order chi connectivity index (χ0) is 4.99. The minimum Gasteiger partial charge on any atom is -0.153 e. The van der Waals surface area contributed by atoms with Gasteiger partial charge in [0.15, 0.2) is 0 Å². The first kappa shape index (κ1) is 6.01. The van der Waals surface area contributed by atoms with Gasteiger partial charge < -0.3 is 0 Å². The molecule has 0 aromatic carbocycles. The summed E-state index contributed by atoms with van der Waals surface area (Å²) in [6.45, 7) is 5.67. The molecule has 0 saturated carbocycles. The van der Waals surface area contributed by atoms with Crippen LogP contribution in [0.4, 0.5) is 0 Å². The maximum Gasteiger partial charge on any atom is 0.246 e. The van der Waals surface area contributed by atoms with Crippen LogP contribution in [-0.2, 0) is 0 Å². The molecule has 0 saturated heterocycles. The largest absolute Gasteiger partial charge is 0.246 e. The van der Waals surface area contributed by atoms with Crippen LogP contribution in [-0.4, -0.2) is 16.3 Å². The van der Waals surface area contributed by atoms with E-state index in [0.717, 1.165) is 21.9 Å². The first-order valence-electron chi connectivity index (χ1n) is 2.05. The van der Waals surface area contributed by atoms with Crippen LogP contribution in [0.15, 0.2) is 23.2 Å². The Morgan fingerprint density at radius 1 is 1.83 bits per heavy atom. The highest BCUT2D eigenvalue weighted by molar-refractivity contribution is 6.17. The van der Waals surface area contributed by atoms with E-state index in [9.17, 15) is 0 Å². The average molecular weight is 96.1 g/mol. The van der Waals surface area contributed by atoms with E-state index in [1.54, 1.807) is 0 Å². The van der Waals surface area contributed by atoms with Crippen molar-refractivity contribution >= 4 is 16.3 Å². The number of hydrogen-bond acceptors (Lipinski definition) is 0. The molecule has 0 atom stereocenters. The SMILES string of the molecule is C=C(C)C=[CH][AlH2]. The summed E-state index contributed by atoms with van der Waals surface area (Å²) in [5.74, 6) is 0. The molecule has 0 aliphatic carbocycles. The van der Waals surface area contributed by atoms with Crippen LogP contribution in [0.2, 0.25) is 0 Å². The van der Waals surface area contributed by atoms with Crippen molar-refractivity contribution in [1.82, 2.24) is 0 Å². The Morgan fingerprint density at radius 2 is 2.33 bits per heavy atom. The third kappa shape index (κ3) is 4.01. The zero-order valence-corrected chi connectivity index (χ0v) is 6.36. The van der Waals surface area contributed by atoms with Crippen molar-refractivity contribution in [2.24, 2.45) is 0 Å². The normalized spacial score (nSPS) is 9.50. The molecule has 0 N–H and O–H groups in total. The fourth-order valence-electron chi connectivity index (χ4n) is 0.285. The smallest absolute Gasteiger partial charge is 0.153 e. The quantitative estimate of drug-likeness (QED) is 0.333. The van der Waals surface area contributed by atoms with Crippen LogP contribution in [0, 0.1) is 0 Å². The fourth-order valence-corrected chi connectivity index (χ4v) is 0.854. The van der Waals surface area contributed by atoms with Crippen LogP contribution in [0.5, 0.6) is 0 Å². The first-order valence-corrected chi connectivity index (χ1v) is 3.21. The van der Waals surface area contributed by atoms with E-state index in [4.69, 9.17) is 0 Å². The van der Waals surface area contributed by atoms with Crippen LogP contribution < -0.4 is 0 Å². The molecule has 0 aromatic rings. The Labute approximate surface area is 47.0 Å². The molecule has 0 aliphatic rings. The Hall–Kier alpha value is 0.0125. The molecule has 0 amide bonds. The van der Waals surface area contributed by atoms with Crippen LogP contribution in [0.3, 0.4) is 0 Å². The lowest BCUT2D eigenvalue weighted by molar-refractivity contribution is 1.57. The summed E-state index contributed by atoms with van der Waals surface area (Å²) in [6.07, 6.45) is 2.03. The van der Waals surface area contributed by atoms with Gasteiger partial charge in [-0.15, -0.1) is 0 Å². The molecule has 0 fully saturated rings. The molecule has 0 spiro atoms. The number of rotatable bonds is 1. The van der Waals surface area contributed by atoms with Gasteiger partial charge in [-0.25, -0.2) is 0 Å². The highest BCUT2D eigenvalue weighted by atomic mass is 27.0. The molecule has 0 unspecified atom stereocenters. The average Bonchev–Trinajstić information content (AvgIpc) is 1.35. The molecule has 0 heterocycles. The highest BCUT2D eigenvalue weighted by Gasteiger charge is 1.63. The summed E-state index contributed by atoms with van der Waals surface area (Å²) in [5, 5.41) is 0. The molecule has 0 aliphatic heterocycles. The summed E-state index contributed by atoms with van der Waals surface area (Å²) >= 11 is 1.15. The Kier molecular flexibility index (Phi) is 3.22. The van der Waals surface area contributed by atoms with E-state index < -0.39 is 0 Å². The Morgan fingerprint density at radius 3 is 2.33 bits per heavy atom. The van der Waals surface area contributed by atoms with Crippen molar-refractivity contribution in [3.05, 3.63) is 23.2 Å². The Balaban J connectivity index is 3.30.